The van der Waals surface area contributed by atoms with Gasteiger partial charge in [-0.05, 0) is 36.4 Å². The normalized spacial score (nSPS) is 14.8. The molecule has 2 rings (SSSR count). The minimum atomic E-state index is -0.340. The SMILES string of the molecule is COC(=O)c1ccc2c(c1)CCN2C(=O)[C@H](C)CSC. The van der Waals surface area contributed by atoms with Crippen molar-refractivity contribution in [3.8, 4) is 0 Å². The van der Waals surface area contributed by atoms with E-state index in [-0.39, 0.29) is 17.8 Å². The van der Waals surface area contributed by atoms with Gasteiger partial charge in [-0.2, -0.15) is 11.8 Å². The Morgan fingerprint density at radius 1 is 1.45 bits per heavy atom. The Morgan fingerprint density at radius 2 is 2.20 bits per heavy atom. The van der Waals surface area contributed by atoms with Crippen LogP contribution in [-0.4, -0.2) is 37.5 Å². The van der Waals surface area contributed by atoms with Gasteiger partial charge >= 0.3 is 5.97 Å². The molecule has 0 saturated carbocycles. The molecule has 0 spiro atoms. The number of benzene rings is 1. The molecule has 0 N–H and O–H groups in total. The number of carbonyl (C=O) groups excluding carboxylic acids is 2. The van der Waals surface area contributed by atoms with Gasteiger partial charge in [-0.15, -0.1) is 0 Å². The van der Waals surface area contributed by atoms with E-state index in [1.807, 2.05) is 30.2 Å². The van der Waals surface area contributed by atoms with Crippen molar-refractivity contribution in [1.29, 1.82) is 0 Å². The van der Waals surface area contributed by atoms with E-state index in [9.17, 15) is 9.59 Å². The molecule has 0 aliphatic carbocycles. The maximum absolute atomic E-state index is 12.4. The van der Waals surface area contributed by atoms with Crippen LogP contribution in [0.5, 0.6) is 0 Å². The Bertz CT molecular complexity index is 530. The number of hydrogen-bond acceptors (Lipinski definition) is 4. The number of amides is 1. The summed E-state index contributed by atoms with van der Waals surface area (Å²) >= 11 is 1.68. The van der Waals surface area contributed by atoms with Crippen LogP contribution >= 0.6 is 11.8 Å². The van der Waals surface area contributed by atoms with Crippen molar-refractivity contribution in [2.24, 2.45) is 5.92 Å². The van der Waals surface area contributed by atoms with Gasteiger partial charge in [0, 0.05) is 23.9 Å². The third-order valence-electron chi connectivity index (χ3n) is 3.50. The molecule has 20 heavy (non-hydrogen) atoms. The van der Waals surface area contributed by atoms with E-state index in [1.54, 1.807) is 17.8 Å². The number of nitrogens with zero attached hydrogens (tertiary/aromatic N) is 1. The number of hydrogen-bond donors (Lipinski definition) is 0. The van der Waals surface area contributed by atoms with E-state index in [4.69, 9.17) is 4.74 Å². The number of fused-ring (bicyclic) bond motifs is 1. The molecule has 0 radical (unpaired) electrons. The molecule has 108 valence electrons. The summed E-state index contributed by atoms with van der Waals surface area (Å²) in [6.45, 7) is 2.65. The number of rotatable bonds is 4. The molecule has 1 heterocycles. The van der Waals surface area contributed by atoms with Gasteiger partial charge in [-0.25, -0.2) is 4.79 Å². The van der Waals surface area contributed by atoms with E-state index in [2.05, 4.69) is 0 Å². The number of ether oxygens (including phenoxy) is 1. The second-order valence-corrected chi connectivity index (χ2v) is 5.84. The van der Waals surface area contributed by atoms with Crippen LogP contribution in [0.2, 0.25) is 0 Å². The molecule has 1 amide bonds. The van der Waals surface area contributed by atoms with Crippen LogP contribution in [0.3, 0.4) is 0 Å². The highest BCUT2D eigenvalue weighted by Gasteiger charge is 2.28. The molecule has 1 aliphatic heterocycles. The van der Waals surface area contributed by atoms with Crippen molar-refractivity contribution in [2.45, 2.75) is 13.3 Å². The smallest absolute Gasteiger partial charge is 0.337 e. The first kappa shape index (κ1) is 14.9. The number of anilines is 1. The summed E-state index contributed by atoms with van der Waals surface area (Å²) in [6, 6.07) is 5.39. The third kappa shape index (κ3) is 2.82. The fraction of sp³-hybridized carbons (Fsp3) is 0.467. The van der Waals surface area contributed by atoms with Crippen molar-refractivity contribution in [1.82, 2.24) is 0 Å². The lowest BCUT2D eigenvalue weighted by atomic mass is 10.1. The lowest BCUT2D eigenvalue weighted by molar-refractivity contribution is -0.121. The van der Waals surface area contributed by atoms with Crippen molar-refractivity contribution >= 4 is 29.3 Å². The van der Waals surface area contributed by atoms with Crippen LogP contribution in [0.15, 0.2) is 18.2 Å². The first-order chi connectivity index (χ1) is 9.58. The van der Waals surface area contributed by atoms with E-state index < -0.39 is 0 Å². The summed E-state index contributed by atoms with van der Waals surface area (Å²) in [5.74, 6) is 0.652. The number of thioether (sulfide) groups is 1. The zero-order valence-corrected chi connectivity index (χ0v) is 12.8. The van der Waals surface area contributed by atoms with Crippen LogP contribution in [0.4, 0.5) is 5.69 Å². The van der Waals surface area contributed by atoms with Gasteiger partial charge in [0.05, 0.1) is 12.7 Å². The minimum Gasteiger partial charge on any atom is -0.465 e. The van der Waals surface area contributed by atoms with Crippen molar-refractivity contribution in [3.05, 3.63) is 29.3 Å². The summed E-state index contributed by atoms with van der Waals surface area (Å²) < 4.78 is 4.72. The van der Waals surface area contributed by atoms with Gasteiger partial charge in [0.15, 0.2) is 0 Å². The lowest BCUT2D eigenvalue weighted by Gasteiger charge is -2.21. The van der Waals surface area contributed by atoms with Crippen LogP contribution in [0.25, 0.3) is 0 Å². The summed E-state index contributed by atoms with van der Waals surface area (Å²) in [6.07, 6.45) is 2.79. The Hall–Kier alpha value is -1.49. The summed E-state index contributed by atoms with van der Waals surface area (Å²) in [7, 11) is 1.37. The van der Waals surface area contributed by atoms with Gasteiger partial charge in [0.2, 0.25) is 5.91 Å². The van der Waals surface area contributed by atoms with E-state index >= 15 is 0 Å². The van der Waals surface area contributed by atoms with Crippen molar-refractivity contribution in [2.75, 3.05) is 30.6 Å². The van der Waals surface area contributed by atoms with Crippen molar-refractivity contribution in [3.63, 3.8) is 0 Å². The van der Waals surface area contributed by atoms with Gasteiger partial charge in [-0.1, -0.05) is 6.92 Å². The lowest BCUT2D eigenvalue weighted by Crippen LogP contribution is -2.34. The molecule has 1 aromatic carbocycles. The van der Waals surface area contributed by atoms with Crippen LogP contribution in [0, 0.1) is 5.92 Å². The molecule has 1 atom stereocenters. The fourth-order valence-electron chi connectivity index (χ4n) is 2.46. The van der Waals surface area contributed by atoms with E-state index in [0.717, 1.165) is 23.4 Å². The van der Waals surface area contributed by atoms with Crippen LogP contribution in [0.1, 0.15) is 22.8 Å². The third-order valence-corrected chi connectivity index (χ3v) is 4.33. The zero-order valence-electron chi connectivity index (χ0n) is 12.0. The molecule has 4 nitrogen and oxygen atoms in total. The van der Waals surface area contributed by atoms with Crippen LogP contribution in [-0.2, 0) is 16.0 Å². The first-order valence-corrected chi connectivity index (χ1v) is 7.99. The Morgan fingerprint density at radius 3 is 2.85 bits per heavy atom. The molecule has 0 unspecified atom stereocenters. The number of esters is 1. The van der Waals surface area contributed by atoms with E-state index in [1.165, 1.54) is 7.11 Å². The molecular weight excluding hydrogens is 274 g/mol. The Kier molecular flexibility index (Phi) is 4.70. The molecule has 0 fully saturated rings. The molecule has 0 aromatic heterocycles. The highest BCUT2D eigenvalue weighted by Crippen LogP contribution is 2.30. The van der Waals surface area contributed by atoms with Gasteiger partial charge in [-0.3, -0.25) is 4.79 Å². The zero-order chi connectivity index (χ0) is 14.7. The van der Waals surface area contributed by atoms with Crippen LogP contribution < -0.4 is 4.90 Å². The average Bonchev–Trinajstić information content (AvgIpc) is 2.88. The molecule has 5 heteroatoms. The highest BCUT2D eigenvalue weighted by atomic mass is 32.2. The molecular formula is C15H19NO3S. The monoisotopic (exact) mass is 293 g/mol. The summed E-state index contributed by atoms with van der Waals surface area (Å²) in [5.41, 5.74) is 2.51. The second kappa shape index (κ2) is 6.31. The number of methoxy groups -OCH3 is 1. The van der Waals surface area contributed by atoms with Gasteiger partial charge < -0.3 is 9.64 Å². The van der Waals surface area contributed by atoms with Gasteiger partial charge in [0.1, 0.15) is 0 Å². The molecule has 0 bridgehead atoms. The first-order valence-electron chi connectivity index (χ1n) is 6.60. The van der Waals surface area contributed by atoms with Crippen molar-refractivity contribution < 1.29 is 14.3 Å². The highest BCUT2D eigenvalue weighted by molar-refractivity contribution is 7.98. The largest absolute Gasteiger partial charge is 0.465 e. The summed E-state index contributed by atoms with van der Waals surface area (Å²) in [5, 5.41) is 0. The number of carbonyl (C=O) groups is 2. The summed E-state index contributed by atoms with van der Waals surface area (Å²) in [4.78, 5) is 25.7. The quantitative estimate of drug-likeness (QED) is 0.800. The Balaban J connectivity index is 2.21. The second-order valence-electron chi connectivity index (χ2n) is 4.93. The molecule has 1 aliphatic rings. The molecule has 1 aromatic rings. The predicted molar refractivity (Wildman–Crippen MR) is 81.4 cm³/mol. The standard InChI is InChI=1S/C15H19NO3S/c1-10(9-20-3)14(17)16-7-6-11-8-12(15(18)19-2)4-5-13(11)16/h4-5,8,10H,6-7,9H2,1-3H3/t10-/m1/s1. The van der Waals surface area contributed by atoms with Gasteiger partial charge in [0.25, 0.3) is 0 Å². The maximum atomic E-state index is 12.4. The topological polar surface area (TPSA) is 46.6 Å². The maximum Gasteiger partial charge on any atom is 0.337 e. The van der Waals surface area contributed by atoms with E-state index in [0.29, 0.717) is 12.1 Å². The predicted octanol–water partition coefficient (Wildman–Crippen LogP) is 2.36. The average molecular weight is 293 g/mol. The fourth-order valence-corrected chi connectivity index (χ4v) is 3.11. The minimum absolute atomic E-state index is 0.0104. The Labute approximate surface area is 123 Å². The molecule has 0 saturated heterocycles.